The Morgan fingerprint density at radius 3 is 2.56 bits per heavy atom. The fourth-order valence-electron chi connectivity index (χ4n) is 1.38. The van der Waals surface area contributed by atoms with E-state index in [-0.39, 0.29) is 12.5 Å². The highest BCUT2D eigenvalue weighted by Gasteiger charge is 2.07. The van der Waals surface area contributed by atoms with Gasteiger partial charge >= 0.3 is 0 Å². The lowest BCUT2D eigenvalue weighted by molar-refractivity contribution is -0.119. The zero-order chi connectivity index (χ0) is 13.8. The van der Waals surface area contributed by atoms with Gasteiger partial charge in [0.1, 0.15) is 6.61 Å². The largest absolute Gasteiger partial charge is 0.375 e. The molecule has 0 unspecified atom stereocenters. The predicted octanol–water partition coefficient (Wildman–Crippen LogP) is 0.951. The Kier molecular flexibility index (Phi) is 4.69. The first-order valence-electron chi connectivity index (χ1n) is 5.19. The van der Waals surface area contributed by atoms with Gasteiger partial charge in [-0.15, -0.1) is 0 Å². The highest BCUT2D eigenvalue weighted by atomic mass is 32.2. The van der Waals surface area contributed by atoms with E-state index in [9.17, 15) is 13.2 Å². The maximum atomic E-state index is 11.3. The smallest absolute Gasteiger partial charge is 0.250 e. The van der Waals surface area contributed by atoms with E-state index < -0.39 is 10.0 Å². The lowest BCUT2D eigenvalue weighted by Crippen LogP contribution is -2.17. The van der Waals surface area contributed by atoms with Gasteiger partial charge in [-0.3, -0.25) is 9.52 Å². The second-order valence-electron chi connectivity index (χ2n) is 3.89. The minimum absolute atomic E-state index is 0.0254. The van der Waals surface area contributed by atoms with Gasteiger partial charge in [0.15, 0.2) is 0 Å². The molecule has 0 atom stereocenters. The molecule has 0 heterocycles. The van der Waals surface area contributed by atoms with Crippen molar-refractivity contribution in [3.8, 4) is 0 Å². The molecular formula is C11H16N2O4S. The summed E-state index contributed by atoms with van der Waals surface area (Å²) in [5.74, 6) is -0.263. The number of rotatable bonds is 5. The summed E-state index contributed by atoms with van der Waals surface area (Å²) in [5, 5.41) is 2.63. The van der Waals surface area contributed by atoms with Crippen molar-refractivity contribution in [2.75, 3.05) is 30.0 Å². The summed E-state index contributed by atoms with van der Waals surface area (Å²) in [6.45, 7) is 1.72. The van der Waals surface area contributed by atoms with Crippen LogP contribution >= 0.6 is 0 Å². The van der Waals surface area contributed by atoms with Crippen LogP contribution in [0.3, 0.4) is 0 Å². The fraction of sp³-hybridized carbons (Fsp3) is 0.364. The average Bonchev–Trinajstić information content (AvgIpc) is 2.21. The van der Waals surface area contributed by atoms with Crippen molar-refractivity contribution >= 4 is 27.3 Å². The van der Waals surface area contributed by atoms with E-state index in [4.69, 9.17) is 4.74 Å². The minimum atomic E-state index is -3.30. The molecule has 1 aromatic carbocycles. The van der Waals surface area contributed by atoms with Crippen LogP contribution in [0.1, 0.15) is 5.56 Å². The zero-order valence-corrected chi connectivity index (χ0v) is 11.3. The maximum absolute atomic E-state index is 11.3. The van der Waals surface area contributed by atoms with Gasteiger partial charge < -0.3 is 10.1 Å². The standard InChI is InChI=1S/C11H16N2O4S/c1-8-6-9(12-11(14)7-17-2)4-5-10(8)13-18(3,15)16/h4-6,13H,7H2,1-3H3,(H,12,14). The zero-order valence-electron chi connectivity index (χ0n) is 10.5. The molecule has 100 valence electrons. The number of amides is 1. The fourth-order valence-corrected chi connectivity index (χ4v) is 2.01. The summed E-state index contributed by atoms with van der Waals surface area (Å²) in [6.07, 6.45) is 1.08. The molecule has 0 fully saturated rings. The lowest BCUT2D eigenvalue weighted by Gasteiger charge is -2.10. The number of carbonyl (C=O) groups is 1. The topological polar surface area (TPSA) is 84.5 Å². The van der Waals surface area contributed by atoms with Crippen LogP contribution in [0.4, 0.5) is 11.4 Å². The Labute approximate surface area is 106 Å². The first-order chi connectivity index (χ1) is 8.31. The van der Waals surface area contributed by atoms with Crippen LogP contribution in [0.5, 0.6) is 0 Å². The molecule has 0 aliphatic carbocycles. The van der Waals surface area contributed by atoms with Gasteiger partial charge in [0.25, 0.3) is 0 Å². The molecule has 2 N–H and O–H groups in total. The van der Waals surface area contributed by atoms with Crippen LogP contribution in [-0.2, 0) is 19.6 Å². The van der Waals surface area contributed by atoms with Crippen molar-refractivity contribution in [1.29, 1.82) is 0 Å². The Morgan fingerprint density at radius 2 is 2.06 bits per heavy atom. The molecule has 0 saturated carbocycles. The van der Waals surface area contributed by atoms with E-state index >= 15 is 0 Å². The number of hydrogen-bond acceptors (Lipinski definition) is 4. The molecule has 7 heteroatoms. The average molecular weight is 272 g/mol. The van der Waals surface area contributed by atoms with E-state index in [0.717, 1.165) is 11.8 Å². The maximum Gasteiger partial charge on any atom is 0.250 e. The van der Waals surface area contributed by atoms with Crippen molar-refractivity contribution in [2.24, 2.45) is 0 Å². The van der Waals surface area contributed by atoms with Gasteiger partial charge in [0, 0.05) is 12.8 Å². The summed E-state index contributed by atoms with van der Waals surface area (Å²) in [7, 11) is -1.87. The molecule has 0 aliphatic rings. The number of ether oxygens (including phenoxy) is 1. The van der Waals surface area contributed by atoms with Gasteiger partial charge in [0.05, 0.1) is 11.9 Å². The van der Waals surface area contributed by atoms with Crippen molar-refractivity contribution < 1.29 is 17.9 Å². The van der Waals surface area contributed by atoms with Crippen LogP contribution in [0.25, 0.3) is 0 Å². The van der Waals surface area contributed by atoms with Crippen LogP contribution in [-0.4, -0.2) is 34.3 Å². The molecule has 0 spiro atoms. The van der Waals surface area contributed by atoms with Crippen molar-refractivity contribution in [1.82, 2.24) is 0 Å². The van der Waals surface area contributed by atoms with Gasteiger partial charge in [-0.05, 0) is 30.7 Å². The Hall–Kier alpha value is -1.60. The Bertz CT molecular complexity index is 540. The van der Waals surface area contributed by atoms with E-state index in [1.807, 2.05) is 0 Å². The van der Waals surface area contributed by atoms with Crippen LogP contribution in [0.2, 0.25) is 0 Å². The molecule has 18 heavy (non-hydrogen) atoms. The molecule has 1 aromatic rings. The third-order valence-corrected chi connectivity index (χ3v) is 2.67. The van der Waals surface area contributed by atoms with Gasteiger partial charge in [-0.25, -0.2) is 8.42 Å². The summed E-state index contributed by atoms with van der Waals surface area (Å²) < 4.78 is 29.3. The molecule has 0 aromatic heterocycles. The SMILES string of the molecule is COCC(=O)Nc1ccc(NS(C)(=O)=O)c(C)c1. The lowest BCUT2D eigenvalue weighted by atomic mass is 10.2. The number of nitrogens with one attached hydrogen (secondary N) is 2. The number of sulfonamides is 1. The summed E-state index contributed by atoms with van der Waals surface area (Å²) in [6, 6.07) is 4.90. The molecule has 1 rings (SSSR count). The summed E-state index contributed by atoms with van der Waals surface area (Å²) in [5.41, 5.74) is 1.80. The van der Waals surface area contributed by atoms with Crippen LogP contribution in [0.15, 0.2) is 18.2 Å². The number of hydrogen-bond donors (Lipinski definition) is 2. The minimum Gasteiger partial charge on any atom is -0.375 e. The van der Waals surface area contributed by atoms with Crippen molar-refractivity contribution in [2.45, 2.75) is 6.92 Å². The monoisotopic (exact) mass is 272 g/mol. The molecule has 0 radical (unpaired) electrons. The summed E-state index contributed by atoms with van der Waals surface area (Å²) in [4.78, 5) is 11.3. The number of aryl methyl sites for hydroxylation is 1. The number of carbonyl (C=O) groups excluding carboxylic acids is 1. The molecule has 6 nitrogen and oxygen atoms in total. The molecule has 1 amide bonds. The van der Waals surface area contributed by atoms with E-state index in [2.05, 4.69) is 10.0 Å². The Morgan fingerprint density at radius 1 is 1.39 bits per heavy atom. The highest BCUT2D eigenvalue weighted by Crippen LogP contribution is 2.20. The van der Waals surface area contributed by atoms with Gasteiger partial charge in [-0.1, -0.05) is 0 Å². The molecule has 0 bridgehead atoms. The second kappa shape index (κ2) is 5.83. The third kappa shape index (κ3) is 4.72. The molecule has 0 saturated heterocycles. The highest BCUT2D eigenvalue weighted by molar-refractivity contribution is 7.92. The van der Waals surface area contributed by atoms with Gasteiger partial charge in [-0.2, -0.15) is 0 Å². The first kappa shape index (κ1) is 14.5. The normalized spacial score (nSPS) is 11.1. The number of benzene rings is 1. The van der Waals surface area contributed by atoms with E-state index in [0.29, 0.717) is 11.4 Å². The Balaban J connectivity index is 2.83. The first-order valence-corrected chi connectivity index (χ1v) is 7.08. The molecular weight excluding hydrogens is 256 g/mol. The van der Waals surface area contributed by atoms with E-state index in [1.54, 1.807) is 25.1 Å². The van der Waals surface area contributed by atoms with E-state index in [1.165, 1.54) is 7.11 Å². The van der Waals surface area contributed by atoms with Gasteiger partial charge in [0.2, 0.25) is 15.9 Å². The predicted molar refractivity (Wildman–Crippen MR) is 70.2 cm³/mol. The third-order valence-electron chi connectivity index (χ3n) is 2.08. The number of methoxy groups -OCH3 is 1. The van der Waals surface area contributed by atoms with Crippen LogP contribution in [0, 0.1) is 6.92 Å². The second-order valence-corrected chi connectivity index (χ2v) is 5.63. The van der Waals surface area contributed by atoms with Crippen molar-refractivity contribution in [3.05, 3.63) is 23.8 Å². The van der Waals surface area contributed by atoms with Crippen LogP contribution < -0.4 is 10.0 Å². The van der Waals surface area contributed by atoms with Crippen molar-refractivity contribution in [3.63, 3.8) is 0 Å². The summed E-state index contributed by atoms with van der Waals surface area (Å²) >= 11 is 0. The molecule has 0 aliphatic heterocycles. The number of anilines is 2. The quantitative estimate of drug-likeness (QED) is 0.836.